The minimum Gasteiger partial charge on any atom is -0.370 e. The first kappa shape index (κ1) is 24.9. The summed E-state index contributed by atoms with van der Waals surface area (Å²) in [6.45, 7) is 4.37. The summed E-state index contributed by atoms with van der Waals surface area (Å²) >= 11 is 13.1. The van der Waals surface area contributed by atoms with Gasteiger partial charge in [0.1, 0.15) is 15.8 Å². The maximum atomic E-state index is 13.0. The highest BCUT2D eigenvalue weighted by atomic mass is 35.5. The van der Waals surface area contributed by atoms with Crippen molar-refractivity contribution in [3.8, 4) is 0 Å². The molecular formula is C22H27Cl2N3O4S2. The van der Waals surface area contributed by atoms with Crippen LogP contribution < -0.4 is 0 Å². The summed E-state index contributed by atoms with van der Waals surface area (Å²) in [4.78, 5) is 16.8. The van der Waals surface area contributed by atoms with Gasteiger partial charge in [-0.05, 0) is 24.5 Å². The van der Waals surface area contributed by atoms with E-state index < -0.39 is 10.0 Å². The maximum absolute atomic E-state index is 13.0. The molecule has 180 valence electrons. The second kappa shape index (κ2) is 11.0. The Labute approximate surface area is 208 Å². The Bertz CT molecular complexity index is 1060. The standard InChI is InChI=1S/C22H27Cl2N3O4S2/c23-20-13-19(22(24)32-20)33(29,30)27-8-4-7-18(27)15-31-16-21(28)26-11-9-25(10-12-26)14-17-5-2-1-3-6-17/h1-3,5-6,13,18H,4,7-12,14-16H2. The lowest BCUT2D eigenvalue weighted by atomic mass is 10.2. The highest BCUT2D eigenvalue weighted by Gasteiger charge is 2.37. The van der Waals surface area contributed by atoms with Crippen molar-refractivity contribution < 1.29 is 17.9 Å². The van der Waals surface area contributed by atoms with Crippen molar-refractivity contribution in [1.82, 2.24) is 14.1 Å². The smallest absolute Gasteiger partial charge is 0.248 e. The molecule has 2 fully saturated rings. The topological polar surface area (TPSA) is 70.2 Å². The van der Waals surface area contributed by atoms with E-state index in [4.69, 9.17) is 27.9 Å². The second-order valence-electron chi connectivity index (χ2n) is 8.26. The van der Waals surface area contributed by atoms with E-state index in [0.29, 0.717) is 30.4 Å². The largest absolute Gasteiger partial charge is 0.370 e. The van der Waals surface area contributed by atoms with Gasteiger partial charge in [-0.1, -0.05) is 53.5 Å². The molecule has 7 nitrogen and oxygen atoms in total. The summed E-state index contributed by atoms with van der Waals surface area (Å²) in [6.07, 6.45) is 1.42. The van der Waals surface area contributed by atoms with E-state index in [-0.39, 0.29) is 34.4 Å². The van der Waals surface area contributed by atoms with Gasteiger partial charge in [-0.25, -0.2) is 8.42 Å². The molecule has 1 aromatic heterocycles. The number of rotatable bonds is 8. The van der Waals surface area contributed by atoms with Crippen LogP contribution >= 0.6 is 34.5 Å². The minimum absolute atomic E-state index is 0.0375. The van der Waals surface area contributed by atoms with Gasteiger partial charge < -0.3 is 9.64 Å². The normalized spacial score (nSPS) is 20.4. The maximum Gasteiger partial charge on any atom is 0.248 e. The Hall–Kier alpha value is -1.20. The van der Waals surface area contributed by atoms with Gasteiger partial charge in [0.05, 0.1) is 10.9 Å². The molecule has 1 unspecified atom stereocenters. The van der Waals surface area contributed by atoms with E-state index in [0.717, 1.165) is 37.4 Å². The van der Waals surface area contributed by atoms with E-state index >= 15 is 0 Å². The molecule has 1 amide bonds. The van der Waals surface area contributed by atoms with Crippen molar-refractivity contribution in [3.05, 3.63) is 50.6 Å². The SMILES string of the molecule is O=C(COCC1CCCN1S(=O)(=O)c1cc(Cl)sc1Cl)N1CCN(Cc2ccccc2)CC1. The highest BCUT2D eigenvalue weighted by Crippen LogP contribution is 2.37. The number of amides is 1. The molecule has 2 aromatic rings. The quantitative estimate of drug-likeness (QED) is 0.520. The van der Waals surface area contributed by atoms with E-state index in [2.05, 4.69) is 17.0 Å². The number of nitrogens with zero attached hydrogens (tertiary/aromatic N) is 3. The molecule has 33 heavy (non-hydrogen) atoms. The molecule has 3 heterocycles. The molecule has 11 heteroatoms. The van der Waals surface area contributed by atoms with Gasteiger partial charge in [0, 0.05) is 45.3 Å². The molecular weight excluding hydrogens is 505 g/mol. The zero-order chi connectivity index (χ0) is 23.4. The summed E-state index contributed by atoms with van der Waals surface area (Å²) in [5, 5.41) is 0. The number of carbonyl (C=O) groups is 1. The van der Waals surface area contributed by atoms with Crippen molar-refractivity contribution in [2.45, 2.75) is 30.3 Å². The first-order chi connectivity index (χ1) is 15.8. The van der Waals surface area contributed by atoms with Crippen LogP contribution in [0.3, 0.4) is 0 Å². The Balaban J connectivity index is 1.23. The van der Waals surface area contributed by atoms with Crippen LogP contribution in [0.15, 0.2) is 41.3 Å². The third-order valence-electron chi connectivity index (χ3n) is 6.04. The third-order valence-corrected chi connectivity index (χ3v) is 9.75. The van der Waals surface area contributed by atoms with Gasteiger partial charge in [0.25, 0.3) is 0 Å². The molecule has 1 aromatic carbocycles. The van der Waals surface area contributed by atoms with Gasteiger partial charge in [0.2, 0.25) is 15.9 Å². The minimum atomic E-state index is -3.75. The fraction of sp³-hybridized carbons (Fsp3) is 0.500. The fourth-order valence-electron chi connectivity index (χ4n) is 4.29. The first-order valence-corrected chi connectivity index (χ1v) is 13.9. The van der Waals surface area contributed by atoms with E-state index in [1.165, 1.54) is 15.9 Å². The Morgan fingerprint density at radius 2 is 1.82 bits per heavy atom. The second-order valence-corrected chi connectivity index (χ2v) is 12.4. The number of carbonyl (C=O) groups excluding carboxylic acids is 1. The van der Waals surface area contributed by atoms with Crippen molar-refractivity contribution in [1.29, 1.82) is 0 Å². The van der Waals surface area contributed by atoms with Crippen molar-refractivity contribution in [2.24, 2.45) is 0 Å². The Morgan fingerprint density at radius 1 is 1.09 bits per heavy atom. The van der Waals surface area contributed by atoms with E-state index in [9.17, 15) is 13.2 Å². The van der Waals surface area contributed by atoms with Gasteiger partial charge >= 0.3 is 0 Å². The molecule has 1 atom stereocenters. The molecule has 2 aliphatic rings. The van der Waals surface area contributed by atoms with Crippen LogP contribution in [0.4, 0.5) is 0 Å². The number of hydrogen-bond donors (Lipinski definition) is 0. The Kier molecular flexibility index (Phi) is 8.32. The molecule has 0 aliphatic carbocycles. The zero-order valence-corrected chi connectivity index (χ0v) is 21.3. The lowest BCUT2D eigenvalue weighted by Gasteiger charge is -2.34. The summed E-state index contributed by atoms with van der Waals surface area (Å²) in [7, 11) is -3.75. The number of benzene rings is 1. The monoisotopic (exact) mass is 531 g/mol. The molecule has 2 saturated heterocycles. The number of sulfonamides is 1. The van der Waals surface area contributed by atoms with Crippen molar-refractivity contribution in [3.63, 3.8) is 0 Å². The third kappa shape index (κ3) is 6.08. The van der Waals surface area contributed by atoms with E-state index in [1.54, 1.807) is 0 Å². The molecule has 4 rings (SSSR count). The average molecular weight is 533 g/mol. The first-order valence-electron chi connectivity index (χ1n) is 10.9. The van der Waals surface area contributed by atoms with Gasteiger partial charge in [-0.15, -0.1) is 11.3 Å². The van der Waals surface area contributed by atoms with Gasteiger partial charge in [-0.3, -0.25) is 9.69 Å². The Morgan fingerprint density at radius 3 is 2.48 bits per heavy atom. The lowest BCUT2D eigenvalue weighted by Crippen LogP contribution is -2.49. The number of piperazine rings is 1. The molecule has 0 radical (unpaired) electrons. The number of hydrogen-bond acceptors (Lipinski definition) is 6. The van der Waals surface area contributed by atoms with E-state index in [1.807, 2.05) is 23.1 Å². The average Bonchev–Trinajstić information content (AvgIpc) is 3.41. The summed E-state index contributed by atoms with van der Waals surface area (Å²) < 4.78 is 33.7. The van der Waals surface area contributed by atoms with Gasteiger partial charge in [0.15, 0.2) is 0 Å². The number of ether oxygens (including phenoxy) is 1. The lowest BCUT2D eigenvalue weighted by molar-refractivity contribution is -0.138. The zero-order valence-electron chi connectivity index (χ0n) is 18.2. The van der Waals surface area contributed by atoms with Crippen LogP contribution in [-0.2, 0) is 26.1 Å². The van der Waals surface area contributed by atoms with Crippen LogP contribution in [0.25, 0.3) is 0 Å². The van der Waals surface area contributed by atoms with Crippen LogP contribution in [0, 0.1) is 0 Å². The number of halogens is 2. The molecule has 0 bridgehead atoms. The molecule has 0 N–H and O–H groups in total. The number of thiophene rings is 1. The predicted molar refractivity (Wildman–Crippen MR) is 130 cm³/mol. The molecule has 2 aliphatic heterocycles. The van der Waals surface area contributed by atoms with Crippen LogP contribution in [-0.4, -0.2) is 80.4 Å². The van der Waals surface area contributed by atoms with Crippen LogP contribution in [0.1, 0.15) is 18.4 Å². The fourth-order valence-corrected chi connectivity index (χ4v) is 8.08. The van der Waals surface area contributed by atoms with Crippen molar-refractivity contribution in [2.75, 3.05) is 45.9 Å². The highest BCUT2D eigenvalue weighted by molar-refractivity contribution is 7.89. The molecule has 0 spiro atoms. The van der Waals surface area contributed by atoms with Crippen molar-refractivity contribution >= 4 is 50.5 Å². The van der Waals surface area contributed by atoms with Gasteiger partial charge in [-0.2, -0.15) is 4.31 Å². The summed E-state index contributed by atoms with van der Waals surface area (Å²) in [6, 6.07) is 11.4. The predicted octanol–water partition coefficient (Wildman–Crippen LogP) is 3.57. The van der Waals surface area contributed by atoms with Crippen LogP contribution in [0.2, 0.25) is 8.67 Å². The summed E-state index contributed by atoms with van der Waals surface area (Å²) in [5.41, 5.74) is 1.27. The molecule has 0 saturated carbocycles. The summed E-state index contributed by atoms with van der Waals surface area (Å²) in [5.74, 6) is -0.0607. The van der Waals surface area contributed by atoms with Crippen LogP contribution in [0.5, 0.6) is 0 Å².